The monoisotopic (exact) mass is 304 g/mol. The highest BCUT2D eigenvalue weighted by molar-refractivity contribution is 7.15. The van der Waals surface area contributed by atoms with Crippen molar-refractivity contribution < 1.29 is 10.0 Å². The van der Waals surface area contributed by atoms with Crippen LogP contribution in [0.5, 0.6) is 0 Å². The average molecular weight is 304 g/mol. The maximum atomic E-state index is 11.2. The summed E-state index contributed by atoms with van der Waals surface area (Å²) in [6.07, 6.45) is 1.60. The Hall–Kier alpha value is -2.45. The van der Waals surface area contributed by atoms with Crippen molar-refractivity contribution in [2.75, 3.05) is 11.9 Å². The molecule has 0 radical (unpaired) electrons. The van der Waals surface area contributed by atoms with Crippen LogP contribution in [-0.2, 0) is 0 Å². The lowest BCUT2D eigenvalue weighted by molar-refractivity contribution is -0.389. The molecule has 2 aromatic heterocycles. The molecule has 0 amide bonds. The highest BCUT2D eigenvalue weighted by Crippen LogP contribution is 2.30. The van der Waals surface area contributed by atoms with Gasteiger partial charge in [-0.2, -0.15) is 9.38 Å². The molecule has 0 aliphatic carbocycles. The van der Waals surface area contributed by atoms with Crippen LogP contribution in [-0.4, -0.2) is 26.0 Å². The number of fused-ring (bicyclic) bond motifs is 1. The predicted octanol–water partition coefficient (Wildman–Crippen LogP) is 2.45. The number of hydrogen-bond acceptors (Lipinski definition) is 6. The van der Waals surface area contributed by atoms with E-state index in [-0.39, 0.29) is 18.2 Å². The highest BCUT2D eigenvalue weighted by Gasteiger charge is 2.25. The summed E-state index contributed by atoms with van der Waals surface area (Å²) < 4.78 is 1.42. The largest absolute Gasteiger partial charge is 0.394 e. The summed E-state index contributed by atoms with van der Waals surface area (Å²) in [5, 5.41) is 25.5. The van der Waals surface area contributed by atoms with Crippen molar-refractivity contribution in [3.63, 3.8) is 0 Å². The molecule has 21 heavy (non-hydrogen) atoms. The van der Waals surface area contributed by atoms with Crippen molar-refractivity contribution in [1.82, 2.24) is 9.38 Å². The number of benzene rings is 1. The molecule has 7 nitrogen and oxygen atoms in total. The first-order valence-electron chi connectivity index (χ1n) is 6.23. The smallest absolute Gasteiger partial charge is 0.372 e. The topological polar surface area (TPSA) is 92.7 Å². The summed E-state index contributed by atoms with van der Waals surface area (Å²) in [5.41, 5.74) is 0.839. The van der Waals surface area contributed by atoms with Gasteiger partial charge in [-0.3, -0.25) is 0 Å². The highest BCUT2D eigenvalue weighted by atomic mass is 32.1. The van der Waals surface area contributed by atoms with Crippen LogP contribution in [0.1, 0.15) is 11.6 Å². The van der Waals surface area contributed by atoms with Crippen LogP contribution in [0.25, 0.3) is 4.96 Å². The molecule has 0 saturated heterocycles. The summed E-state index contributed by atoms with van der Waals surface area (Å²) >= 11 is 1.32. The Kier molecular flexibility index (Phi) is 3.55. The van der Waals surface area contributed by atoms with E-state index in [1.54, 1.807) is 11.6 Å². The molecule has 3 rings (SSSR count). The summed E-state index contributed by atoms with van der Waals surface area (Å²) in [6, 6.07) is 8.80. The number of aromatic nitrogens is 2. The van der Waals surface area contributed by atoms with Gasteiger partial charge in [0.2, 0.25) is 5.82 Å². The molecule has 0 saturated carbocycles. The van der Waals surface area contributed by atoms with Gasteiger partial charge in [0.25, 0.3) is 4.96 Å². The number of aliphatic hydroxyl groups is 1. The fourth-order valence-electron chi connectivity index (χ4n) is 2.13. The lowest BCUT2D eigenvalue weighted by Crippen LogP contribution is -2.15. The zero-order valence-electron chi connectivity index (χ0n) is 10.8. The number of nitrogens with zero attached hydrogens (tertiary/aromatic N) is 3. The van der Waals surface area contributed by atoms with Crippen LogP contribution in [0.15, 0.2) is 41.9 Å². The van der Waals surface area contributed by atoms with Crippen LogP contribution in [0, 0.1) is 10.1 Å². The zero-order chi connectivity index (χ0) is 14.8. The molecule has 0 bridgehead atoms. The molecule has 1 aromatic carbocycles. The number of hydrogen-bond donors (Lipinski definition) is 2. The second-order valence-electron chi connectivity index (χ2n) is 4.39. The molecule has 3 aromatic rings. The van der Waals surface area contributed by atoms with Crippen LogP contribution in [0.2, 0.25) is 0 Å². The van der Waals surface area contributed by atoms with E-state index in [1.807, 2.05) is 30.3 Å². The fraction of sp³-hybridized carbons (Fsp3) is 0.154. The lowest BCUT2D eigenvalue weighted by Gasteiger charge is -2.15. The first kappa shape index (κ1) is 13.5. The number of anilines is 1. The van der Waals surface area contributed by atoms with Gasteiger partial charge < -0.3 is 20.5 Å². The van der Waals surface area contributed by atoms with Crippen molar-refractivity contribution in [2.45, 2.75) is 6.04 Å². The van der Waals surface area contributed by atoms with Crippen molar-refractivity contribution in [2.24, 2.45) is 0 Å². The van der Waals surface area contributed by atoms with Gasteiger partial charge in [-0.1, -0.05) is 41.7 Å². The van der Waals surface area contributed by atoms with Crippen LogP contribution < -0.4 is 5.32 Å². The van der Waals surface area contributed by atoms with E-state index in [0.29, 0.717) is 4.96 Å². The third-order valence-electron chi connectivity index (χ3n) is 3.11. The Labute approximate surface area is 123 Å². The quantitative estimate of drug-likeness (QED) is 0.558. The van der Waals surface area contributed by atoms with E-state index in [4.69, 9.17) is 0 Å². The van der Waals surface area contributed by atoms with Crippen molar-refractivity contribution >= 4 is 27.9 Å². The van der Waals surface area contributed by atoms with Gasteiger partial charge in [0.1, 0.15) is 6.20 Å². The number of imidazole rings is 1. The Balaban J connectivity index is 1.98. The molecule has 108 valence electrons. The molecule has 1 atom stereocenters. The lowest BCUT2D eigenvalue weighted by atomic mass is 10.1. The third kappa shape index (κ3) is 2.46. The minimum atomic E-state index is -0.478. The molecule has 0 aliphatic heterocycles. The van der Waals surface area contributed by atoms with Gasteiger partial charge in [0, 0.05) is 5.38 Å². The molecule has 1 unspecified atom stereocenters. The fourth-order valence-corrected chi connectivity index (χ4v) is 2.84. The number of nitro groups is 1. The van der Waals surface area contributed by atoms with E-state index in [0.717, 1.165) is 5.56 Å². The Bertz CT molecular complexity index is 768. The Morgan fingerprint density at radius 3 is 2.86 bits per heavy atom. The molecule has 0 spiro atoms. The SMILES string of the molecule is O=[N+]([O-])c1c(NC(CO)c2ccccc2)nc2sccn12. The van der Waals surface area contributed by atoms with E-state index in [9.17, 15) is 15.2 Å². The first-order valence-corrected chi connectivity index (χ1v) is 7.11. The van der Waals surface area contributed by atoms with E-state index >= 15 is 0 Å². The normalized spacial score (nSPS) is 12.4. The molecular formula is C13H12N4O3S. The summed E-state index contributed by atoms with van der Waals surface area (Å²) in [5.74, 6) is 0.0374. The Morgan fingerprint density at radius 2 is 2.19 bits per heavy atom. The molecule has 8 heteroatoms. The molecule has 2 heterocycles. The Morgan fingerprint density at radius 1 is 1.43 bits per heavy atom. The maximum absolute atomic E-state index is 11.2. The van der Waals surface area contributed by atoms with E-state index in [1.165, 1.54) is 15.7 Å². The average Bonchev–Trinajstić information content (AvgIpc) is 3.05. The molecule has 2 N–H and O–H groups in total. The van der Waals surface area contributed by atoms with Gasteiger partial charge in [0.05, 0.1) is 12.6 Å². The number of rotatable bonds is 5. The second kappa shape index (κ2) is 5.51. The van der Waals surface area contributed by atoms with Gasteiger partial charge in [0.15, 0.2) is 0 Å². The van der Waals surface area contributed by atoms with Crippen molar-refractivity contribution in [3.8, 4) is 0 Å². The minimum Gasteiger partial charge on any atom is -0.394 e. The number of aliphatic hydroxyl groups excluding tert-OH is 1. The second-order valence-corrected chi connectivity index (χ2v) is 5.26. The minimum absolute atomic E-state index is 0.124. The van der Waals surface area contributed by atoms with Crippen molar-refractivity contribution in [3.05, 3.63) is 57.6 Å². The van der Waals surface area contributed by atoms with E-state index < -0.39 is 11.0 Å². The predicted molar refractivity (Wildman–Crippen MR) is 79.6 cm³/mol. The van der Waals surface area contributed by atoms with Crippen LogP contribution in [0.4, 0.5) is 11.6 Å². The molecular weight excluding hydrogens is 292 g/mol. The zero-order valence-corrected chi connectivity index (χ0v) is 11.7. The number of nitrogens with one attached hydrogen (secondary N) is 1. The van der Waals surface area contributed by atoms with Crippen LogP contribution >= 0.6 is 11.3 Å². The molecule has 0 aliphatic rings. The van der Waals surface area contributed by atoms with E-state index in [2.05, 4.69) is 10.3 Å². The van der Waals surface area contributed by atoms with Gasteiger partial charge >= 0.3 is 5.82 Å². The summed E-state index contributed by atoms with van der Waals surface area (Å²) in [6.45, 7) is -0.188. The summed E-state index contributed by atoms with van der Waals surface area (Å²) in [7, 11) is 0. The third-order valence-corrected chi connectivity index (χ3v) is 3.86. The van der Waals surface area contributed by atoms with Crippen molar-refractivity contribution in [1.29, 1.82) is 0 Å². The summed E-state index contributed by atoms with van der Waals surface area (Å²) in [4.78, 5) is 15.5. The van der Waals surface area contributed by atoms with Gasteiger partial charge in [-0.05, 0) is 10.5 Å². The molecule has 0 fully saturated rings. The first-order chi connectivity index (χ1) is 10.2. The maximum Gasteiger partial charge on any atom is 0.372 e. The van der Waals surface area contributed by atoms with Gasteiger partial charge in [-0.25, -0.2) is 0 Å². The van der Waals surface area contributed by atoms with Crippen LogP contribution in [0.3, 0.4) is 0 Å². The van der Waals surface area contributed by atoms with Gasteiger partial charge in [-0.15, -0.1) is 0 Å². The standard InChI is InChI=1S/C13H12N4O3S/c18-8-10(9-4-2-1-3-5-9)14-11-12(17(19)20)16-6-7-21-13(16)15-11/h1-7,10,14,18H,8H2. The number of thiazole rings is 1.